The molecule has 6 heteroatoms. The fourth-order valence-electron chi connectivity index (χ4n) is 4.64. The van der Waals surface area contributed by atoms with Gasteiger partial charge in [0.1, 0.15) is 5.69 Å². The fraction of sp³-hybridized carbons (Fsp3) is 0.364. The highest BCUT2D eigenvalue weighted by atomic mass is 15.3. The number of hydrogen-bond donors (Lipinski definition) is 0. The first-order valence-electron chi connectivity index (χ1n) is 9.87. The number of aryl methyl sites for hydroxylation is 3. The third-order valence-corrected chi connectivity index (χ3v) is 6.00. The first-order valence-corrected chi connectivity index (χ1v) is 9.87. The van der Waals surface area contributed by atoms with Crippen molar-refractivity contribution in [3.05, 3.63) is 60.0 Å². The van der Waals surface area contributed by atoms with Gasteiger partial charge in [-0.2, -0.15) is 10.2 Å². The number of hydrogen-bond acceptors (Lipinski definition) is 3. The molecule has 0 amide bonds. The predicted octanol–water partition coefficient (Wildman–Crippen LogP) is 3.30. The second-order valence-corrected chi connectivity index (χ2v) is 7.95. The molecule has 4 heterocycles. The second kappa shape index (κ2) is 6.63. The molecule has 1 fully saturated rings. The summed E-state index contributed by atoms with van der Waals surface area (Å²) in [5.41, 5.74) is 6.18. The van der Waals surface area contributed by atoms with Crippen molar-refractivity contribution in [1.29, 1.82) is 0 Å². The Morgan fingerprint density at radius 3 is 2.75 bits per heavy atom. The number of fused-ring (bicyclic) bond motifs is 1. The number of aromatic nitrogens is 5. The van der Waals surface area contributed by atoms with Crippen LogP contribution in [-0.4, -0.2) is 42.1 Å². The minimum atomic E-state index is 0.586. The lowest BCUT2D eigenvalue weighted by Gasteiger charge is -2.16. The highest BCUT2D eigenvalue weighted by Gasteiger charge is 2.27. The van der Waals surface area contributed by atoms with Crippen LogP contribution >= 0.6 is 0 Å². The molecule has 0 N–H and O–H groups in total. The normalized spacial score (nSPS) is 17.8. The summed E-state index contributed by atoms with van der Waals surface area (Å²) in [7, 11) is 6.11. The van der Waals surface area contributed by atoms with E-state index >= 15 is 0 Å². The molecule has 1 aromatic carbocycles. The maximum Gasteiger partial charge on any atom is 0.115 e. The van der Waals surface area contributed by atoms with Crippen molar-refractivity contribution in [1.82, 2.24) is 29.0 Å². The van der Waals surface area contributed by atoms with Crippen LogP contribution in [0.25, 0.3) is 22.3 Å². The molecule has 1 aliphatic heterocycles. The first kappa shape index (κ1) is 17.3. The molecule has 6 nitrogen and oxygen atoms in total. The van der Waals surface area contributed by atoms with Crippen molar-refractivity contribution in [2.75, 3.05) is 13.1 Å². The van der Waals surface area contributed by atoms with Crippen molar-refractivity contribution in [2.24, 2.45) is 21.1 Å². The highest BCUT2D eigenvalue weighted by Crippen LogP contribution is 2.34. The molecule has 0 aliphatic carbocycles. The Morgan fingerprint density at radius 2 is 1.93 bits per heavy atom. The topological polar surface area (TPSA) is 43.8 Å². The monoisotopic (exact) mass is 374 g/mol. The van der Waals surface area contributed by atoms with E-state index in [-0.39, 0.29) is 0 Å². The fourth-order valence-corrected chi connectivity index (χ4v) is 4.64. The molecule has 5 rings (SSSR count). The second-order valence-electron chi connectivity index (χ2n) is 7.95. The zero-order chi connectivity index (χ0) is 19.3. The zero-order valence-corrected chi connectivity index (χ0v) is 16.7. The summed E-state index contributed by atoms with van der Waals surface area (Å²) in [5.74, 6) is 0.586. The van der Waals surface area contributed by atoms with Gasteiger partial charge in [0.25, 0.3) is 0 Å². The Bertz CT molecular complexity index is 1130. The van der Waals surface area contributed by atoms with Crippen molar-refractivity contribution in [2.45, 2.75) is 18.9 Å². The van der Waals surface area contributed by atoms with Gasteiger partial charge in [0.2, 0.25) is 0 Å². The van der Waals surface area contributed by atoms with Gasteiger partial charge in [-0.15, -0.1) is 0 Å². The first-order chi connectivity index (χ1) is 13.6. The van der Waals surface area contributed by atoms with Gasteiger partial charge >= 0.3 is 0 Å². The van der Waals surface area contributed by atoms with E-state index in [9.17, 15) is 0 Å². The van der Waals surface area contributed by atoms with Gasteiger partial charge in [0.15, 0.2) is 0 Å². The van der Waals surface area contributed by atoms with E-state index in [1.54, 1.807) is 0 Å². The van der Waals surface area contributed by atoms with Crippen molar-refractivity contribution < 1.29 is 0 Å². The summed E-state index contributed by atoms with van der Waals surface area (Å²) >= 11 is 0. The molecule has 0 bridgehead atoms. The highest BCUT2D eigenvalue weighted by molar-refractivity contribution is 5.84. The number of nitrogens with zero attached hydrogens (tertiary/aromatic N) is 6. The lowest BCUT2D eigenvalue weighted by Crippen LogP contribution is -2.20. The van der Waals surface area contributed by atoms with Crippen LogP contribution in [-0.2, 0) is 27.7 Å². The largest absolute Gasteiger partial charge is 0.350 e. The molecule has 0 saturated carbocycles. The predicted molar refractivity (Wildman–Crippen MR) is 111 cm³/mol. The number of benzene rings is 1. The summed E-state index contributed by atoms with van der Waals surface area (Å²) in [4.78, 5) is 2.56. The molecule has 144 valence electrons. The molecule has 1 saturated heterocycles. The molecule has 0 spiro atoms. The van der Waals surface area contributed by atoms with Crippen LogP contribution in [0.2, 0.25) is 0 Å². The van der Waals surface area contributed by atoms with Crippen LogP contribution in [0.5, 0.6) is 0 Å². The molecule has 4 aromatic rings. The SMILES string of the molecule is Cn1cc(CN2CCC(c3cn(C)c4ccccc34)C2)c(-c2ccnn2C)n1. The number of para-hydroxylation sites is 1. The smallest absolute Gasteiger partial charge is 0.115 e. The Hall–Kier alpha value is -2.86. The average Bonchev–Trinajstić information content (AvgIpc) is 3.44. The zero-order valence-electron chi connectivity index (χ0n) is 16.7. The summed E-state index contributed by atoms with van der Waals surface area (Å²) < 4.78 is 6.07. The Labute approximate surface area is 165 Å². The third kappa shape index (κ3) is 2.85. The maximum atomic E-state index is 4.70. The summed E-state index contributed by atoms with van der Waals surface area (Å²) in [6.07, 6.45) is 7.51. The minimum Gasteiger partial charge on any atom is -0.350 e. The minimum absolute atomic E-state index is 0.586. The van der Waals surface area contributed by atoms with Gasteiger partial charge in [-0.3, -0.25) is 14.3 Å². The number of rotatable bonds is 4. The van der Waals surface area contributed by atoms with Crippen LogP contribution in [0.15, 0.2) is 48.9 Å². The van der Waals surface area contributed by atoms with Crippen LogP contribution < -0.4 is 0 Å². The quantitative estimate of drug-likeness (QED) is 0.550. The molecular formula is C22H26N6. The molecule has 1 aliphatic rings. The Morgan fingerprint density at radius 1 is 1.07 bits per heavy atom. The lowest BCUT2D eigenvalue weighted by molar-refractivity contribution is 0.327. The van der Waals surface area contributed by atoms with E-state index in [4.69, 9.17) is 5.10 Å². The third-order valence-electron chi connectivity index (χ3n) is 6.00. The van der Waals surface area contributed by atoms with E-state index in [2.05, 4.69) is 58.3 Å². The van der Waals surface area contributed by atoms with Gasteiger partial charge in [0.05, 0.1) is 5.69 Å². The Balaban J connectivity index is 1.38. The van der Waals surface area contributed by atoms with E-state index < -0.39 is 0 Å². The molecule has 3 aromatic heterocycles. The van der Waals surface area contributed by atoms with Crippen LogP contribution in [0.4, 0.5) is 0 Å². The molecule has 1 atom stereocenters. The van der Waals surface area contributed by atoms with Crippen LogP contribution in [0, 0.1) is 0 Å². The number of likely N-dealkylation sites (tertiary alicyclic amines) is 1. The van der Waals surface area contributed by atoms with E-state index in [0.717, 1.165) is 31.0 Å². The molecule has 28 heavy (non-hydrogen) atoms. The van der Waals surface area contributed by atoms with Crippen molar-refractivity contribution in [3.63, 3.8) is 0 Å². The molecule has 0 radical (unpaired) electrons. The lowest BCUT2D eigenvalue weighted by atomic mass is 9.98. The summed E-state index contributed by atoms with van der Waals surface area (Å²) in [6, 6.07) is 10.8. The van der Waals surface area contributed by atoms with Crippen molar-refractivity contribution in [3.8, 4) is 11.4 Å². The van der Waals surface area contributed by atoms with E-state index in [1.807, 2.05) is 35.7 Å². The van der Waals surface area contributed by atoms with E-state index in [0.29, 0.717) is 5.92 Å². The van der Waals surface area contributed by atoms with E-state index in [1.165, 1.54) is 28.5 Å². The average molecular weight is 374 g/mol. The van der Waals surface area contributed by atoms with Crippen molar-refractivity contribution >= 4 is 10.9 Å². The van der Waals surface area contributed by atoms with Gasteiger partial charge in [-0.05, 0) is 36.6 Å². The Kier molecular flexibility index (Phi) is 4.09. The summed E-state index contributed by atoms with van der Waals surface area (Å²) in [6.45, 7) is 3.14. The van der Waals surface area contributed by atoms with Gasteiger partial charge in [-0.25, -0.2) is 0 Å². The van der Waals surface area contributed by atoms with Gasteiger partial charge in [0, 0.05) is 69.3 Å². The standard InChI is InChI=1S/C22H26N6/c1-25-15-19(18-6-4-5-7-20(18)25)16-9-11-28(13-16)14-17-12-26(2)24-22(17)21-8-10-23-27(21)3/h4-8,10,12,15-16H,9,11,13-14H2,1-3H3. The van der Waals surface area contributed by atoms with Gasteiger partial charge < -0.3 is 4.57 Å². The molecular weight excluding hydrogens is 348 g/mol. The summed E-state index contributed by atoms with van der Waals surface area (Å²) in [5, 5.41) is 10.4. The molecule has 1 unspecified atom stereocenters. The maximum absolute atomic E-state index is 4.70. The van der Waals surface area contributed by atoms with Crippen LogP contribution in [0.1, 0.15) is 23.5 Å². The van der Waals surface area contributed by atoms with Gasteiger partial charge in [-0.1, -0.05) is 18.2 Å². The van der Waals surface area contributed by atoms with Crippen LogP contribution in [0.3, 0.4) is 0 Å².